The molecular formula is C23H29N3O3. The average molecular weight is 396 g/mol. The maximum Gasteiger partial charge on any atom is 0.226 e. The zero-order valence-corrected chi connectivity index (χ0v) is 17.4. The van der Waals surface area contributed by atoms with Gasteiger partial charge in [0.1, 0.15) is 17.2 Å². The molecule has 1 heterocycles. The van der Waals surface area contributed by atoms with E-state index in [1.54, 1.807) is 21.3 Å². The lowest BCUT2D eigenvalue weighted by atomic mass is 10.1. The van der Waals surface area contributed by atoms with Gasteiger partial charge in [-0.25, -0.2) is 9.97 Å². The largest absolute Gasteiger partial charge is 0.496 e. The Kier molecular flexibility index (Phi) is 5.60. The molecule has 2 saturated carbocycles. The second-order valence-corrected chi connectivity index (χ2v) is 7.76. The number of rotatable bonds is 10. The molecular weight excluding hydrogens is 366 g/mol. The van der Waals surface area contributed by atoms with Crippen molar-refractivity contribution in [2.45, 2.75) is 31.7 Å². The van der Waals surface area contributed by atoms with Gasteiger partial charge in [-0.15, -0.1) is 6.58 Å². The van der Waals surface area contributed by atoms with E-state index in [9.17, 15) is 0 Å². The first-order valence-corrected chi connectivity index (χ1v) is 10.2. The molecule has 0 bridgehead atoms. The van der Waals surface area contributed by atoms with Crippen LogP contribution in [-0.2, 0) is 0 Å². The first-order chi connectivity index (χ1) is 14.2. The fraction of sp³-hybridized carbons (Fsp3) is 0.478. The lowest BCUT2D eigenvalue weighted by molar-refractivity contribution is 0.377. The summed E-state index contributed by atoms with van der Waals surface area (Å²) in [5.74, 6) is 4.22. The third kappa shape index (κ3) is 4.02. The third-order valence-corrected chi connectivity index (χ3v) is 5.77. The fourth-order valence-corrected chi connectivity index (χ4v) is 4.13. The van der Waals surface area contributed by atoms with Gasteiger partial charge in [-0.05, 0) is 43.6 Å². The SMILES string of the molecule is C=CCN(c1nccc(-c2c(OC)cc(OC)cc2OC)n1)C(C1CC1)C1CC1. The quantitative estimate of drug-likeness (QED) is 0.558. The standard InChI is InChI=1S/C23H29N3O3/c1-5-12-26(22(15-6-7-15)16-8-9-16)23-24-11-10-18(25-23)21-19(28-3)13-17(27-2)14-20(21)29-4/h5,10-11,13-16,22H,1,6-9,12H2,2-4H3. The van der Waals surface area contributed by atoms with Gasteiger partial charge in [0.25, 0.3) is 0 Å². The van der Waals surface area contributed by atoms with Gasteiger partial charge in [-0.2, -0.15) is 0 Å². The number of aromatic nitrogens is 2. The summed E-state index contributed by atoms with van der Waals surface area (Å²) in [5.41, 5.74) is 1.57. The molecule has 154 valence electrons. The molecule has 0 radical (unpaired) electrons. The number of ether oxygens (including phenoxy) is 3. The van der Waals surface area contributed by atoms with Crippen LogP contribution >= 0.6 is 0 Å². The Morgan fingerprint density at radius 3 is 2.17 bits per heavy atom. The molecule has 0 spiro atoms. The number of benzene rings is 1. The van der Waals surface area contributed by atoms with Crippen molar-refractivity contribution in [3.63, 3.8) is 0 Å². The summed E-state index contributed by atoms with van der Waals surface area (Å²) in [5, 5.41) is 0. The van der Waals surface area contributed by atoms with Crippen molar-refractivity contribution in [1.82, 2.24) is 9.97 Å². The van der Waals surface area contributed by atoms with Crippen LogP contribution in [-0.4, -0.2) is 43.9 Å². The highest BCUT2D eigenvalue weighted by molar-refractivity contribution is 5.76. The van der Waals surface area contributed by atoms with Crippen LogP contribution in [0.15, 0.2) is 37.1 Å². The van der Waals surface area contributed by atoms with Gasteiger partial charge in [0, 0.05) is 30.9 Å². The first kappa shape index (κ1) is 19.6. The highest BCUT2D eigenvalue weighted by atomic mass is 16.5. The molecule has 4 rings (SSSR count). The van der Waals surface area contributed by atoms with E-state index in [1.807, 2.05) is 30.5 Å². The zero-order chi connectivity index (χ0) is 20.4. The smallest absolute Gasteiger partial charge is 0.226 e. The van der Waals surface area contributed by atoms with Crippen molar-refractivity contribution in [2.75, 3.05) is 32.8 Å². The summed E-state index contributed by atoms with van der Waals surface area (Å²) in [4.78, 5) is 11.9. The Balaban J connectivity index is 1.76. The molecule has 0 saturated heterocycles. The van der Waals surface area contributed by atoms with Crippen LogP contribution in [0.5, 0.6) is 17.2 Å². The first-order valence-electron chi connectivity index (χ1n) is 10.2. The summed E-state index contributed by atoms with van der Waals surface area (Å²) >= 11 is 0. The highest BCUT2D eigenvalue weighted by Crippen LogP contribution is 2.48. The molecule has 2 aromatic rings. The van der Waals surface area contributed by atoms with Crippen molar-refractivity contribution in [2.24, 2.45) is 11.8 Å². The van der Waals surface area contributed by atoms with Crippen molar-refractivity contribution in [1.29, 1.82) is 0 Å². The molecule has 29 heavy (non-hydrogen) atoms. The van der Waals surface area contributed by atoms with E-state index in [1.165, 1.54) is 25.7 Å². The predicted octanol–water partition coefficient (Wildman–Crippen LogP) is 4.35. The van der Waals surface area contributed by atoms with Crippen molar-refractivity contribution >= 4 is 5.95 Å². The van der Waals surface area contributed by atoms with Crippen LogP contribution in [0.1, 0.15) is 25.7 Å². The van der Waals surface area contributed by atoms with Crippen LogP contribution in [0.3, 0.4) is 0 Å². The van der Waals surface area contributed by atoms with Crippen molar-refractivity contribution in [3.8, 4) is 28.5 Å². The van der Waals surface area contributed by atoms with Crippen LogP contribution in [0.4, 0.5) is 5.95 Å². The molecule has 2 fully saturated rings. The number of anilines is 1. The minimum Gasteiger partial charge on any atom is -0.496 e. The van der Waals surface area contributed by atoms with E-state index >= 15 is 0 Å². The van der Waals surface area contributed by atoms with E-state index < -0.39 is 0 Å². The summed E-state index contributed by atoms with van der Waals surface area (Å²) in [6.07, 6.45) is 8.96. The second-order valence-electron chi connectivity index (χ2n) is 7.76. The number of nitrogens with zero attached hydrogens (tertiary/aromatic N) is 3. The van der Waals surface area contributed by atoms with Gasteiger partial charge in [-0.3, -0.25) is 0 Å². The van der Waals surface area contributed by atoms with E-state index in [2.05, 4.69) is 16.5 Å². The lowest BCUT2D eigenvalue weighted by Gasteiger charge is -2.31. The predicted molar refractivity (Wildman–Crippen MR) is 114 cm³/mol. The summed E-state index contributed by atoms with van der Waals surface area (Å²) in [6, 6.07) is 6.09. The van der Waals surface area contributed by atoms with E-state index in [0.717, 1.165) is 35.6 Å². The molecule has 2 aliphatic carbocycles. The molecule has 0 amide bonds. The maximum absolute atomic E-state index is 5.63. The molecule has 1 aromatic carbocycles. The van der Waals surface area contributed by atoms with E-state index in [4.69, 9.17) is 19.2 Å². The average Bonchev–Trinajstić information content (AvgIpc) is 3.67. The van der Waals surface area contributed by atoms with Gasteiger partial charge in [0.05, 0.1) is 32.6 Å². The Hall–Kier alpha value is -2.76. The number of methoxy groups -OCH3 is 3. The van der Waals surface area contributed by atoms with Crippen LogP contribution in [0.2, 0.25) is 0 Å². The Morgan fingerprint density at radius 1 is 1.07 bits per heavy atom. The molecule has 0 unspecified atom stereocenters. The van der Waals surface area contributed by atoms with Crippen molar-refractivity contribution in [3.05, 3.63) is 37.1 Å². The summed E-state index contributed by atoms with van der Waals surface area (Å²) in [7, 11) is 4.90. The van der Waals surface area contributed by atoms with Gasteiger partial charge in [-0.1, -0.05) is 6.08 Å². The maximum atomic E-state index is 5.63. The zero-order valence-electron chi connectivity index (χ0n) is 17.4. The molecule has 0 N–H and O–H groups in total. The molecule has 2 aliphatic rings. The van der Waals surface area contributed by atoms with Gasteiger partial charge >= 0.3 is 0 Å². The lowest BCUT2D eigenvalue weighted by Crippen LogP contribution is -2.40. The van der Waals surface area contributed by atoms with Crippen molar-refractivity contribution < 1.29 is 14.2 Å². The third-order valence-electron chi connectivity index (χ3n) is 5.77. The Morgan fingerprint density at radius 2 is 1.69 bits per heavy atom. The van der Waals surface area contributed by atoms with Gasteiger partial charge < -0.3 is 19.1 Å². The number of hydrogen-bond acceptors (Lipinski definition) is 6. The second kappa shape index (κ2) is 8.31. The minimum absolute atomic E-state index is 0.503. The topological polar surface area (TPSA) is 56.7 Å². The summed E-state index contributed by atoms with van der Waals surface area (Å²) < 4.78 is 16.6. The van der Waals surface area contributed by atoms with Crippen LogP contribution in [0, 0.1) is 11.8 Å². The van der Waals surface area contributed by atoms with Gasteiger partial charge in [0.15, 0.2) is 0 Å². The highest BCUT2D eigenvalue weighted by Gasteiger charge is 2.45. The Bertz CT molecular complexity index is 840. The van der Waals surface area contributed by atoms with Gasteiger partial charge in [0.2, 0.25) is 5.95 Å². The molecule has 0 atom stereocenters. The van der Waals surface area contributed by atoms with E-state index in [0.29, 0.717) is 23.3 Å². The Labute approximate surface area is 172 Å². The molecule has 6 heteroatoms. The minimum atomic E-state index is 0.503. The van der Waals surface area contributed by atoms with Crippen LogP contribution in [0.25, 0.3) is 11.3 Å². The normalized spacial score (nSPS) is 15.9. The fourth-order valence-electron chi connectivity index (χ4n) is 4.13. The molecule has 6 nitrogen and oxygen atoms in total. The van der Waals surface area contributed by atoms with Crippen LogP contribution < -0.4 is 19.1 Å². The molecule has 1 aromatic heterocycles. The monoisotopic (exact) mass is 395 g/mol. The number of hydrogen-bond donors (Lipinski definition) is 0. The summed E-state index contributed by atoms with van der Waals surface area (Å²) in [6.45, 7) is 4.72. The van der Waals surface area contributed by atoms with E-state index in [-0.39, 0.29) is 0 Å². The molecule has 0 aliphatic heterocycles.